The van der Waals surface area contributed by atoms with Gasteiger partial charge in [0.15, 0.2) is 0 Å². The maximum Gasteiger partial charge on any atom is 0.476 e. The Hall–Kier alpha value is -1.27. The fraction of sp³-hybridized carbons (Fsp3) is 0. The topological polar surface area (TPSA) is 34.1 Å². The van der Waals surface area contributed by atoms with Crippen molar-refractivity contribution < 1.29 is 51.3 Å². The molecule has 13 heteroatoms. The summed E-state index contributed by atoms with van der Waals surface area (Å²) in [4.78, 5) is 0. The second-order valence-corrected chi connectivity index (χ2v) is 2.18. The Morgan fingerprint density at radius 1 is 0.529 bits per heavy atom. The molecule has 0 heterocycles. The minimum absolute atomic E-state index is 2.91. The fourth-order valence-corrected chi connectivity index (χ4v) is 0. The Kier molecular flexibility index (Phi) is 12.3. The Labute approximate surface area is 87.3 Å². The molecule has 0 aromatic heterocycles. The number of hydrogen-bond acceptors (Lipinski definition) is 2. The fourth-order valence-electron chi connectivity index (χ4n) is 0. The van der Waals surface area contributed by atoms with Crippen LogP contribution in [0.2, 0.25) is 0 Å². The SMILES string of the molecule is FC(F)=C(F)F.FC(F)=C(F)F.O=S(=O)(F)F. The molecule has 0 aliphatic heterocycles. The van der Waals surface area contributed by atoms with E-state index in [0.29, 0.717) is 0 Å². The van der Waals surface area contributed by atoms with Crippen LogP contribution in [0, 0.1) is 0 Å². The lowest BCUT2D eigenvalue weighted by Gasteiger charge is -1.69. The average molecular weight is 302 g/mol. The van der Waals surface area contributed by atoms with E-state index >= 15 is 0 Å². The van der Waals surface area contributed by atoms with Gasteiger partial charge in [-0.2, -0.15) is 43.5 Å². The predicted octanol–water partition coefficient (Wildman–Crippen LogP) is 4.15. The highest BCUT2D eigenvalue weighted by molar-refractivity contribution is 7.81. The highest BCUT2D eigenvalue weighted by Crippen LogP contribution is 2.08. The second kappa shape index (κ2) is 9.92. The molecule has 0 aromatic carbocycles. The van der Waals surface area contributed by atoms with Crippen molar-refractivity contribution in [3.63, 3.8) is 0 Å². The van der Waals surface area contributed by atoms with Crippen LogP contribution in [0.15, 0.2) is 24.3 Å². The monoisotopic (exact) mass is 302 g/mol. The van der Waals surface area contributed by atoms with Crippen LogP contribution in [0.5, 0.6) is 0 Å². The van der Waals surface area contributed by atoms with Gasteiger partial charge in [0.2, 0.25) is 0 Å². The lowest BCUT2D eigenvalue weighted by molar-refractivity contribution is 0.308. The van der Waals surface area contributed by atoms with E-state index in [4.69, 9.17) is 8.42 Å². The molecule has 0 amide bonds. The van der Waals surface area contributed by atoms with Gasteiger partial charge in [-0.15, -0.1) is 0 Å². The van der Waals surface area contributed by atoms with Gasteiger partial charge in [-0.3, -0.25) is 0 Å². The van der Waals surface area contributed by atoms with Gasteiger partial charge in [0.05, 0.1) is 0 Å². The van der Waals surface area contributed by atoms with E-state index in [1.54, 1.807) is 0 Å². The Morgan fingerprint density at radius 2 is 0.588 bits per heavy atom. The quantitative estimate of drug-likeness (QED) is 0.497. The van der Waals surface area contributed by atoms with Crippen LogP contribution in [0.4, 0.5) is 42.9 Å². The number of rotatable bonds is 0. The summed E-state index contributed by atoms with van der Waals surface area (Å²) in [5, 5.41) is 0. The van der Waals surface area contributed by atoms with Crippen LogP contribution < -0.4 is 0 Å². The van der Waals surface area contributed by atoms with E-state index in [0.717, 1.165) is 0 Å². The normalized spacial score (nSPS) is 9.06. The molecule has 0 unspecified atom stereocenters. The van der Waals surface area contributed by atoms with E-state index in [1.807, 2.05) is 0 Å². The van der Waals surface area contributed by atoms with Crippen molar-refractivity contribution >= 4 is 10.6 Å². The molecule has 0 radical (unpaired) electrons. The lowest BCUT2D eigenvalue weighted by Crippen LogP contribution is -1.69. The number of halogens is 10. The highest BCUT2D eigenvalue weighted by Gasteiger charge is 1.98. The van der Waals surface area contributed by atoms with Crippen molar-refractivity contribution in [3.8, 4) is 0 Å². The van der Waals surface area contributed by atoms with Gasteiger partial charge in [-0.25, -0.2) is 0 Å². The number of hydrogen-bond donors (Lipinski definition) is 0. The Morgan fingerprint density at radius 3 is 0.588 bits per heavy atom. The van der Waals surface area contributed by atoms with Crippen LogP contribution >= 0.6 is 0 Å². The third-order valence-corrected chi connectivity index (χ3v) is 0.286. The highest BCUT2D eigenvalue weighted by atomic mass is 32.3. The van der Waals surface area contributed by atoms with E-state index < -0.39 is 34.9 Å². The van der Waals surface area contributed by atoms with Gasteiger partial charge in [0, 0.05) is 0 Å². The molecular weight excluding hydrogens is 302 g/mol. The molecule has 0 rings (SSSR count). The summed E-state index contributed by atoms with van der Waals surface area (Å²) in [6.45, 7) is 0. The van der Waals surface area contributed by atoms with Crippen molar-refractivity contribution in [1.29, 1.82) is 0 Å². The van der Waals surface area contributed by atoms with Crippen LogP contribution in [-0.4, -0.2) is 8.42 Å². The molecule has 0 aromatic rings. The van der Waals surface area contributed by atoms with Gasteiger partial charge in [0.1, 0.15) is 0 Å². The third kappa shape index (κ3) is 52.7. The summed E-state index contributed by atoms with van der Waals surface area (Å²) in [6.07, 6.45) is -11.6. The van der Waals surface area contributed by atoms with Crippen LogP contribution in [0.25, 0.3) is 0 Å². The lowest BCUT2D eigenvalue weighted by atomic mass is 11.1. The third-order valence-electron chi connectivity index (χ3n) is 0.286. The smallest absolute Gasteiger partial charge is 0.167 e. The minimum Gasteiger partial charge on any atom is -0.167 e. The van der Waals surface area contributed by atoms with Crippen LogP contribution in [-0.2, 0) is 10.6 Å². The molecule has 0 fully saturated rings. The molecule has 2 nitrogen and oxygen atoms in total. The first-order valence-electron chi connectivity index (χ1n) is 2.65. The molecule has 0 bridgehead atoms. The second-order valence-electron chi connectivity index (χ2n) is 1.42. The Bertz CT molecular complexity index is 304. The maximum absolute atomic E-state index is 10.3. The molecule has 0 saturated heterocycles. The summed E-state index contributed by atoms with van der Waals surface area (Å²) >= 11 is 0. The summed E-state index contributed by atoms with van der Waals surface area (Å²) in [6, 6.07) is 0. The van der Waals surface area contributed by atoms with E-state index in [1.165, 1.54) is 0 Å². The first-order chi connectivity index (χ1) is 7.29. The van der Waals surface area contributed by atoms with Crippen molar-refractivity contribution in [2.75, 3.05) is 0 Å². The van der Waals surface area contributed by atoms with Gasteiger partial charge < -0.3 is 0 Å². The molecule has 0 atom stereocenters. The summed E-state index contributed by atoms with van der Waals surface area (Å²) in [7, 11) is -5.67. The van der Waals surface area contributed by atoms with E-state index in [2.05, 4.69) is 0 Å². The summed E-state index contributed by atoms with van der Waals surface area (Å²) in [5.74, 6) is 0. The van der Waals surface area contributed by atoms with Crippen LogP contribution in [0.3, 0.4) is 0 Å². The van der Waals surface area contributed by atoms with E-state index in [9.17, 15) is 42.9 Å². The molecule has 0 N–H and O–H groups in total. The zero-order valence-corrected chi connectivity index (χ0v) is 7.82. The van der Waals surface area contributed by atoms with E-state index in [-0.39, 0.29) is 0 Å². The van der Waals surface area contributed by atoms with Crippen molar-refractivity contribution in [2.45, 2.75) is 0 Å². The summed E-state index contributed by atoms with van der Waals surface area (Å²) < 4.78 is 119. The first-order valence-corrected chi connectivity index (χ1v) is 3.94. The average Bonchev–Trinajstić information content (AvgIpc) is 2.01. The Balaban J connectivity index is -0.000000174. The molecule has 17 heavy (non-hydrogen) atoms. The van der Waals surface area contributed by atoms with Gasteiger partial charge in [0.25, 0.3) is 0 Å². The van der Waals surface area contributed by atoms with Crippen molar-refractivity contribution in [1.82, 2.24) is 0 Å². The molecular formula is C4F10O2S. The summed E-state index contributed by atoms with van der Waals surface area (Å²) in [5.41, 5.74) is 0. The molecule has 104 valence electrons. The molecule has 0 aliphatic rings. The predicted molar refractivity (Wildman–Crippen MR) is 34.1 cm³/mol. The van der Waals surface area contributed by atoms with Gasteiger partial charge in [-0.1, -0.05) is 7.77 Å². The van der Waals surface area contributed by atoms with Crippen LogP contribution in [0.1, 0.15) is 0 Å². The zero-order chi connectivity index (χ0) is 14.8. The standard InChI is InChI=1S/2C2F4.F2O2S/c2*3-1(4)2(5)6;1-5(2,3)4. The van der Waals surface area contributed by atoms with Crippen molar-refractivity contribution in [3.05, 3.63) is 24.3 Å². The maximum atomic E-state index is 10.3. The van der Waals surface area contributed by atoms with Crippen molar-refractivity contribution in [2.24, 2.45) is 0 Å². The zero-order valence-electron chi connectivity index (χ0n) is 7.00. The van der Waals surface area contributed by atoms with Gasteiger partial charge in [-0.05, 0) is 0 Å². The molecule has 0 aliphatic carbocycles. The largest absolute Gasteiger partial charge is 0.476 e. The first kappa shape index (κ1) is 21.1. The minimum atomic E-state index is -5.67. The molecule has 0 spiro atoms. The molecule has 0 saturated carbocycles. The van der Waals surface area contributed by atoms with Gasteiger partial charge >= 0.3 is 34.9 Å².